The van der Waals surface area contributed by atoms with E-state index in [9.17, 15) is 4.79 Å². The molecule has 6 nitrogen and oxygen atoms in total. The van der Waals surface area contributed by atoms with Gasteiger partial charge in [-0.3, -0.25) is 9.89 Å². The lowest BCUT2D eigenvalue weighted by Gasteiger charge is -2.17. The van der Waals surface area contributed by atoms with Gasteiger partial charge in [-0.1, -0.05) is 5.16 Å². The van der Waals surface area contributed by atoms with Crippen LogP contribution in [0.25, 0.3) is 0 Å². The molecular formula is C16H24N4O2. The average Bonchev–Trinajstić information content (AvgIpc) is 2.96. The van der Waals surface area contributed by atoms with Crippen molar-refractivity contribution < 1.29 is 9.32 Å². The molecular weight excluding hydrogens is 280 g/mol. The molecule has 2 heterocycles. The number of amides is 1. The van der Waals surface area contributed by atoms with Crippen molar-refractivity contribution in [1.82, 2.24) is 20.3 Å². The van der Waals surface area contributed by atoms with Crippen LogP contribution in [0.15, 0.2) is 4.52 Å². The summed E-state index contributed by atoms with van der Waals surface area (Å²) in [6, 6.07) is 0. The van der Waals surface area contributed by atoms with Crippen LogP contribution >= 0.6 is 0 Å². The van der Waals surface area contributed by atoms with E-state index in [0.29, 0.717) is 6.42 Å². The summed E-state index contributed by atoms with van der Waals surface area (Å²) in [4.78, 5) is 14.1. The van der Waals surface area contributed by atoms with E-state index >= 15 is 0 Å². The fourth-order valence-electron chi connectivity index (χ4n) is 2.60. The number of nitrogens with zero attached hydrogens (tertiary/aromatic N) is 3. The Morgan fingerprint density at radius 1 is 1.18 bits per heavy atom. The van der Waals surface area contributed by atoms with E-state index < -0.39 is 0 Å². The van der Waals surface area contributed by atoms with Crippen LogP contribution in [0, 0.1) is 27.7 Å². The molecule has 0 unspecified atom stereocenters. The zero-order valence-electron chi connectivity index (χ0n) is 14.0. The van der Waals surface area contributed by atoms with Crippen molar-refractivity contribution in [3.63, 3.8) is 0 Å². The molecule has 0 bridgehead atoms. The van der Waals surface area contributed by atoms with Crippen molar-refractivity contribution in [3.8, 4) is 0 Å². The summed E-state index contributed by atoms with van der Waals surface area (Å²) < 4.78 is 5.10. The number of aromatic nitrogens is 3. The Balaban J connectivity index is 1.84. The van der Waals surface area contributed by atoms with Gasteiger partial charge in [-0.15, -0.1) is 0 Å². The van der Waals surface area contributed by atoms with Gasteiger partial charge >= 0.3 is 0 Å². The molecule has 2 rings (SSSR count). The molecule has 0 fully saturated rings. The Labute approximate surface area is 130 Å². The van der Waals surface area contributed by atoms with Crippen LogP contribution in [-0.2, 0) is 17.6 Å². The van der Waals surface area contributed by atoms with Crippen molar-refractivity contribution in [2.45, 2.75) is 47.0 Å². The highest BCUT2D eigenvalue weighted by Gasteiger charge is 2.16. The normalized spacial score (nSPS) is 11.0. The Bertz CT molecular complexity index is 618. The lowest BCUT2D eigenvalue weighted by Crippen LogP contribution is -2.29. The highest BCUT2D eigenvalue weighted by atomic mass is 16.5. The van der Waals surface area contributed by atoms with Crippen molar-refractivity contribution >= 4 is 5.91 Å². The summed E-state index contributed by atoms with van der Waals surface area (Å²) in [5.41, 5.74) is 5.11. The molecule has 1 N–H and O–H groups in total. The second-order valence-corrected chi connectivity index (χ2v) is 5.81. The number of carbonyl (C=O) groups excluding carboxylic acids is 1. The van der Waals surface area contributed by atoms with Crippen LogP contribution in [0.2, 0.25) is 0 Å². The maximum atomic E-state index is 12.3. The average molecular weight is 304 g/mol. The predicted octanol–water partition coefficient (Wildman–Crippen LogP) is 2.27. The molecule has 1 amide bonds. The van der Waals surface area contributed by atoms with Gasteiger partial charge in [0.15, 0.2) is 0 Å². The molecule has 0 aromatic carbocycles. The second-order valence-electron chi connectivity index (χ2n) is 5.81. The van der Waals surface area contributed by atoms with Crippen LogP contribution in [0.5, 0.6) is 0 Å². The molecule has 0 saturated carbocycles. The van der Waals surface area contributed by atoms with Crippen molar-refractivity contribution in [2.24, 2.45) is 0 Å². The first-order chi connectivity index (χ1) is 10.4. The van der Waals surface area contributed by atoms with Gasteiger partial charge < -0.3 is 9.42 Å². The Hall–Kier alpha value is -2.11. The summed E-state index contributed by atoms with van der Waals surface area (Å²) in [5.74, 6) is 0.818. The Kier molecular flexibility index (Phi) is 5.00. The van der Waals surface area contributed by atoms with Gasteiger partial charge in [0.2, 0.25) is 5.91 Å². The minimum Gasteiger partial charge on any atom is -0.361 e. The van der Waals surface area contributed by atoms with E-state index in [1.54, 1.807) is 4.90 Å². The molecule has 0 spiro atoms. The van der Waals surface area contributed by atoms with E-state index in [1.165, 1.54) is 5.56 Å². The smallest absolute Gasteiger partial charge is 0.226 e. The van der Waals surface area contributed by atoms with Gasteiger partial charge in [-0.05, 0) is 46.1 Å². The zero-order valence-corrected chi connectivity index (χ0v) is 14.0. The largest absolute Gasteiger partial charge is 0.361 e. The molecule has 2 aromatic heterocycles. The van der Waals surface area contributed by atoms with Crippen molar-refractivity contribution in [2.75, 3.05) is 13.6 Å². The number of hydrogen-bond acceptors (Lipinski definition) is 4. The number of nitrogens with one attached hydrogen (secondary N) is 1. The molecule has 0 saturated heterocycles. The first kappa shape index (κ1) is 16.3. The molecule has 120 valence electrons. The van der Waals surface area contributed by atoms with E-state index in [0.717, 1.165) is 47.8 Å². The number of aryl methyl sites for hydroxylation is 4. The predicted molar refractivity (Wildman–Crippen MR) is 83.7 cm³/mol. The number of rotatable bonds is 6. The fourth-order valence-corrected chi connectivity index (χ4v) is 2.60. The molecule has 0 atom stereocenters. The van der Waals surface area contributed by atoms with Gasteiger partial charge in [-0.2, -0.15) is 5.10 Å². The van der Waals surface area contributed by atoms with Gasteiger partial charge in [0.05, 0.1) is 17.8 Å². The SMILES string of the molecule is Cc1n[nH]c(C)c1CCCN(C)C(=O)Cc1c(C)noc1C. The third kappa shape index (κ3) is 3.55. The number of H-pyrrole nitrogens is 1. The molecule has 0 aliphatic carbocycles. The fraction of sp³-hybridized carbons (Fsp3) is 0.562. The monoisotopic (exact) mass is 304 g/mol. The van der Waals surface area contributed by atoms with E-state index in [-0.39, 0.29) is 5.91 Å². The van der Waals surface area contributed by atoms with Gasteiger partial charge in [0.25, 0.3) is 0 Å². The molecule has 22 heavy (non-hydrogen) atoms. The molecule has 0 aliphatic rings. The van der Waals surface area contributed by atoms with Crippen LogP contribution < -0.4 is 0 Å². The molecule has 0 aliphatic heterocycles. The van der Waals surface area contributed by atoms with Crippen LogP contribution in [0.3, 0.4) is 0 Å². The molecule has 6 heteroatoms. The van der Waals surface area contributed by atoms with Crippen molar-refractivity contribution in [3.05, 3.63) is 34.0 Å². The van der Waals surface area contributed by atoms with E-state index in [1.807, 2.05) is 34.7 Å². The highest BCUT2D eigenvalue weighted by molar-refractivity contribution is 5.78. The lowest BCUT2D eigenvalue weighted by atomic mass is 10.1. The highest BCUT2D eigenvalue weighted by Crippen LogP contribution is 2.15. The van der Waals surface area contributed by atoms with E-state index in [4.69, 9.17) is 4.52 Å². The quantitative estimate of drug-likeness (QED) is 0.888. The topological polar surface area (TPSA) is 75.0 Å². The summed E-state index contributed by atoms with van der Waals surface area (Å²) in [6.45, 7) is 8.47. The third-order valence-electron chi connectivity index (χ3n) is 4.14. The molecule has 0 radical (unpaired) electrons. The van der Waals surface area contributed by atoms with Crippen LogP contribution in [0.4, 0.5) is 0 Å². The number of carbonyl (C=O) groups is 1. The van der Waals surface area contributed by atoms with Gasteiger partial charge in [-0.25, -0.2) is 0 Å². The van der Waals surface area contributed by atoms with E-state index in [2.05, 4.69) is 15.4 Å². The second kappa shape index (κ2) is 6.77. The Morgan fingerprint density at radius 2 is 1.91 bits per heavy atom. The maximum Gasteiger partial charge on any atom is 0.226 e. The standard InChI is InChI=1S/C16H24N4O2/c1-10-14(11(2)18-17-10)7-6-8-20(5)16(21)9-15-12(3)19-22-13(15)4/h6-9H2,1-5H3,(H,17,18). The summed E-state index contributed by atoms with van der Waals surface area (Å²) >= 11 is 0. The summed E-state index contributed by atoms with van der Waals surface area (Å²) in [5, 5.41) is 11.1. The van der Waals surface area contributed by atoms with Gasteiger partial charge in [0.1, 0.15) is 5.76 Å². The minimum absolute atomic E-state index is 0.0926. The van der Waals surface area contributed by atoms with Crippen molar-refractivity contribution in [1.29, 1.82) is 0 Å². The maximum absolute atomic E-state index is 12.3. The number of hydrogen-bond donors (Lipinski definition) is 1. The lowest BCUT2D eigenvalue weighted by molar-refractivity contribution is -0.129. The molecule has 2 aromatic rings. The minimum atomic E-state index is 0.0926. The number of likely N-dealkylation sites (N-methyl/N-ethyl adjacent to an activating group) is 1. The number of aromatic amines is 1. The summed E-state index contributed by atoms with van der Waals surface area (Å²) in [7, 11) is 1.84. The zero-order chi connectivity index (χ0) is 16.3. The van der Waals surface area contributed by atoms with Crippen LogP contribution in [-0.4, -0.2) is 39.8 Å². The van der Waals surface area contributed by atoms with Gasteiger partial charge in [0, 0.05) is 24.8 Å². The third-order valence-corrected chi connectivity index (χ3v) is 4.14. The Morgan fingerprint density at radius 3 is 2.45 bits per heavy atom. The first-order valence-corrected chi connectivity index (χ1v) is 7.56. The first-order valence-electron chi connectivity index (χ1n) is 7.56. The summed E-state index contributed by atoms with van der Waals surface area (Å²) in [6.07, 6.45) is 2.20. The van der Waals surface area contributed by atoms with Crippen LogP contribution in [0.1, 0.15) is 40.4 Å².